The van der Waals surface area contributed by atoms with E-state index >= 15 is 0 Å². The summed E-state index contributed by atoms with van der Waals surface area (Å²) >= 11 is 0. The van der Waals surface area contributed by atoms with Crippen molar-refractivity contribution < 1.29 is 9.52 Å². The largest absolute Gasteiger partial charge is 0.448 e. The van der Waals surface area contributed by atoms with Crippen molar-refractivity contribution in [2.45, 2.75) is 32.3 Å². The summed E-state index contributed by atoms with van der Waals surface area (Å²) in [7, 11) is 0. The first-order valence-electron chi connectivity index (χ1n) is 5.61. The molecule has 1 fully saturated rings. The number of nitrogens with zero attached hydrogens (tertiary/aromatic N) is 2. The molecule has 1 atom stereocenters. The maximum absolute atomic E-state index is 8.91. The van der Waals surface area contributed by atoms with Crippen molar-refractivity contribution in [3.05, 3.63) is 17.8 Å². The van der Waals surface area contributed by atoms with Crippen LogP contribution in [0, 0.1) is 0 Å². The Morgan fingerprint density at radius 3 is 3.20 bits per heavy atom. The summed E-state index contributed by atoms with van der Waals surface area (Å²) in [4.78, 5) is 6.69. The lowest BCUT2D eigenvalue weighted by molar-refractivity contribution is 0.202. The van der Waals surface area contributed by atoms with Crippen LogP contribution in [-0.4, -0.2) is 34.6 Å². The highest BCUT2D eigenvalue weighted by molar-refractivity contribution is 5.01. The van der Waals surface area contributed by atoms with Crippen molar-refractivity contribution in [2.24, 2.45) is 0 Å². The summed E-state index contributed by atoms with van der Waals surface area (Å²) in [5.41, 5.74) is 0.638. The first-order valence-corrected chi connectivity index (χ1v) is 5.61. The topological polar surface area (TPSA) is 49.5 Å². The quantitative estimate of drug-likeness (QED) is 0.818. The normalized spacial score (nSPS) is 23.2. The van der Waals surface area contributed by atoms with Crippen molar-refractivity contribution in [3.63, 3.8) is 0 Å². The minimum absolute atomic E-state index is 0.0340. The van der Waals surface area contributed by atoms with E-state index in [2.05, 4.69) is 16.8 Å². The summed E-state index contributed by atoms with van der Waals surface area (Å²) in [5, 5.41) is 8.91. The second-order valence-electron chi connectivity index (χ2n) is 4.07. The molecule has 0 bridgehead atoms. The number of hydrogen-bond donors (Lipinski definition) is 1. The van der Waals surface area contributed by atoms with E-state index < -0.39 is 0 Å². The van der Waals surface area contributed by atoms with E-state index in [1.54, 1.807) is 6.26 Å². The predicted octanol–water partition coefficient (Wildman–Crippen LogP) is 1.37. The molecule has 1 aromatic heterocycles. The summed E-state index contributed by atoms with van der Waals surface area (Å²) in [5.74, 6) is 1.19. The Balaban J connectivity index is 2.03. The van der Waals surface area contributed by atoms with Gasteiger partial charge < -0.3 is 14.4 Å². The van der Waals surface area contributed by atoms with Gasteiger partial charge >= 0.3 is 0 Å². The summed E-state index contributed by atoms with van der Waals surface area (Å²) in [6.07, 6.45) is 3.90. The number of hydrogen-bond acceptors (Lipinski definition) is 4. The SMILES string of the molecule is CCN1CCCC(c2nc(CO)co2)C1. The fourth-order valence-corrected chi connectivity index (χ4v) is 2.13. The fraction of sp³-hybridized carbons (Fsp3) is 0.727. The number of rotatable bonds is 3. The average Bonchev–Trinajstić information content (AvgIpc) is 2.78. The van der Waals surface area contributed by atoms with Gasteiger partial charge in [0.1, 0.15) is 12.0 Å². The standard InChI is InChI=1S/C11H18N2O2/c1-2-13-5-3-4-9(6-13)11-12-10(7-14)8-15-11/h8-9,14H,2-7H2,1H3. The van der Waals surface area contributed by atoms with Crippen LogP contribution in [-0.2, 0) is 6.61 Å². The molecule has 4 nitrogen and oxygen atoms in total. The minimum atomic E-state index is -0.0340. The number of oxazole rings is 1. The second-order valence-corrected chi connectivity index (χ2v) is 4.07. The van der Waals surface area contributed by atoms with E-state index in [9.17, 15) is 0 Å². The summed E-state index contributed by atoms with van der Waals surface area (Å²) < 4.78 is 5.39. The van der Waals surface area contributed by atoms with Gasteiger partial charge in [0.15, 0.2) is 5.89 Å². The first kappa shape index (κ1) is 10.6. The van der Waals surface area contributed by atoms with Crippen molar-refractivity contribution in [1.82, 2.24) is 9.88 Å². The zero-order valence-electron chi connectivity index (χ0n) is 9.15. The lowest BCUT2D eigenvalue weighted by Crippen LogP contribution is -2.34. The van der Waals surface area contributed by atoms with Crippen LogP contribution >= 0.6 is 0 Å². The van der Waals surface area contributed by atoms with Crippen LogP contribution in [0.25, 0.3) is 0 Å². The molecule has 84 valence electrons. The highest BCUT2D eigenvalue weighted by atomic mass is 16.3. The van der Waals surface area contributed by atoms with E-state index in [-0.39, 0.29) is 6.61 Å². The Hall–Kier alpha value is -0.870. The lowest BCUT2D eigenvalue weighted by Gasteiger charge is -2.29. The van der Waals surface area contributed by atoms with Gasteiger partial charge in [-0.05, 0) is 25.9 Å². The molecule has 2 rings (SSSR count). The molecule has 0 radical (unpaired) electrons. The third kappa shape index (κ3) is 2.38. The molecule has 4 heteroatoms. The molecule has 2 heterocycles. The van der Waals surface area contributed by atoms with Crippen LogP contribution in [0.2, 0.25) is 0 Å². The van der Waals surface area contributed by atoms with Crippen LogP contribution < -0.4 is 0 Å². The maximum atomic E-state index is 8.91. The highest BCUT2D eigenvalue weighted by Gasteiger charge is 2.23. The Labute approximate surface area is 89.9 Å². The number of likely N-dealkylation sites (tertiary alicyclic amines) is 1. The van der Waals surface area contributed by atoms with E-state index in [4.69, 9.17) is 9.52 Å². The van der Waals surface area contributed by atoms with Gasteiger partial charge in [0.2, 0.25) is 0 Å². The van der Waals surface area contributed by atoms with Gasteiger partial charge in [-0.3, -0.25) is 0 Å². The molecule has 1 unspecified atom stereocenters. The Bertz CT molecular complexity index is 311. The zero-order valence-corrected chi connectivity index (χ0v) is 9.15. The van der Waals surface area contributed by atoms with Gasteiger partial charge in [0.25, 0.3) is 0 Å². The number of aliphatic hydroxyl groups excluding tert-OH is 1. The van der Waals surface area contributed by atoms with Gasteiger partial charge in [-0.1, -0.05) is 6.92 Å². The Kier molecular flexibility index (Phi) is 3.38. The second kappa shape index (κ2) is 4.77. The molecule has 1 aliphatic heterocycles. The molecular formula is C11H18N2O2. The molecule has 15 heavy (non-hydrogen) atoms. The van der Waals surface area contributed by atoms with Crippen LogP contribution in [0.3, 0.4) is 0 Å². The van der Waals surface area contributed by atoms with Crippen molar-refractivity contribution in [2.75, 3.05) is 19.6 Å². The summed E-state index contributed by atoms with van der Waals surface area (Å²) in [6.45, 7) is 5.44. The van der Waals surface area contributed by atoms with Crippen LogP contribution in [0.15, 0.2) is 10.7 Å². The minimum Gasteiger partial charge on any atom is -0.448 e. The molecule has 1 aliphatic rings. The molecule has 1 N–H and O–H groups in total. The first-order chi connectivity index (χ1) is 7.33. The molecule has 1 saturated heterocycles. The fourth-order valence-electron chi connectivity index (χ4n) is 2.13. The Morgan fingerprint density at radius 1 is 1.67 bits per heavy atom. The van der Waals surface area contributed by atoms with Gasteiger partial charge in [-0.2, -0.15) is 0 Å². The molecule has 0 amide bonds. The number of aliphatic hydroxyl groups is 1. The average molecular weight is 210 g/mol. The van der Waals surface area contributed by atoms with Crippen molar-refractivity contribution in [3.8, 4) is 0 Å². The maximum Gasteiger partial charge on any atom is 0.198 e. The molecular weight excluding hydrogens is 192 g/mol. The lowest BCUT2D eigenvalue weighted by atomic mass is 9.98. The van der Waals surface area contributed by atoms with Gasteiger partial charge in [-0.15, -0.1) is 0 Å². The van der Waals surface area contributed by atoms with Crippen molar-refractivity contribution >= 4 is 0 Å². The molecule has 0 saturated carbocycles. The highest BCUT2D eigenvalue weighted by Crippen LogP contribution is 2.26. The molecule has 0 aliphatic carbocycles. The third-order valence-electron chi connectivity index (χ3n) is 3.03. The van der Waals surface area contributed by atoms with E-state index in [0.29, 0.717) is 11.6 Å². The van der Waals surface area contributed by atoms with Gasteiger partial charge in [0, 0.05) is 12.5 Å². The predicted molar refractivity (Wildman–Crippen MR) is 56.5 cm³/mol. The smallest absolute Gasteiger partial charge is 0.198 e. The third-order valence-corrected chi connectivity index (χ3v) is 3.03. The number of likely N-dealkylation sites (N-methyl/N-ethyl adjacent to an activating group) is 1. The van der Waals surface area contributed by atoms with Crippen molar-refractivity contribution in [1.29, 1.82) is 0 Å². The summed E-state index contributed by atoms with van der Waals surface area (Å²) in [6, 6.07) is 0. The van der Waals surface area contributed by atoms with Gasteiger partial charge in [0.05, 0.1) is 6.61 Å². The van der Waals surface area contributed by atoms with E-state index in [1.807, 2.05) is 0 Å². The Morgan fingerprint density at radius 2 is 2.53 bits per heavy atom. The van der Waals surface area contributed by atoms with Crippen LogP contribution in [0.5, 0.6) is 0 Å². The van der Waals surface area contributed by atoms with Gasteiger partial charge in [-0.25, -0.2) is 4.98 Å². The molecule has 1 aromatic rings. The molecule has 0 spiro atoms. The zero-order chi connectivity index (χ0) is 10.7. The number of piperidine rings is 1. The van der Waals surface area contributed by atoms with Crippen LogP contribution in [0.4, 0.5) is 0 Å². The monoisotopic (exact) mass is 210 g/mol. The van der Waals surface area contributed by atoms with E-state index in [0.717, 1.165) is 25.4 Å². The van der Waals surface area contributed by atoms with Crippen LogP contribution in [0.1, 0.15) is 37.3 Å². The molecule has 0 aromatic carbocycles. The number of aromatic nitrogens is 1. The van der Waals surface area contributed by atoms with E-state index in [1.165, 1.54) is 13.0 Å².